The molecule has 0 aliphatic carbocycles. The summed E-state index contributed by atoms with van der Waals surface area (Å²) in [5, 5.41) is 15.8. The van der Waals surface area contributed by atoms with Gasteiger partial charge >= 0.3 is 97.7 Å². The Kier molecular flexibility index (Phi) is 15.5. The fourth-order valence-electron chi connectivity index (χ4n) is 2.24. The van der Waals surface area contributed by atoms with Gasteiger partial charge in [0.05, 0.1) is 0 Å². The van der Waals surface area contributed by atoms with Crippen molar-refractivity contribution in [3.63, 3.8) is 0 Å². The summed E-state index contributed by atoms with van der Waals surface area (Å²) >= 11 is 0. The van der Waals surface area contributed by atoms with Crippen LogP contribution in [0.3, 0.4) is 0 Å². The molecule has 60 heavy (non-hydrogen) atoms. The van der Waals surface area contributed by atoms with Crippen LogP contribution in [-0.4, -0.2) is 121 Å². The van der Waals surface area contributed by atoms with Gasteiger partial charge in [-0.2, -0.15) is 140 Å². The molecule has 42 heteroatoms. The number of aliphatic hydroxyl groups excluding tert-OH is 2. The summed E-state index contributed by atoms with van der Waals surface area (Å²) in [5.41, 5.74) is 0. The van der Waals surface area contributed by atoms with Crippen LogP contribution in [0.4, 0.5) is 140 Å². The van der Waals surface area contributed by atoms with Crippen LogP contribution in [0.5, 0.6) is 0 Å². The van der Waals surface area contributed by atoms with Crippen molar-refractivity contribution in [3.8, 4) is 0 Å². The number of hydrogen-bond acceptors (Lipinski definition) is 10. The van der Waals surface area contributed by atoms with E-state index in [4.69, 9.17) is 10.2 Å². The zero-order chi connectivity index (χ0) is 49.1. The fourth-order valence-corrected chi connectivity index (χ4v) is 2.24. The highest BCUT2D eigenvalue weighted by Gasteiger charge is 2.81. The summed E-state index contributed by atoms with van der Waals surface area (Å²) < 4.78 is 435. The largest absolute Gasteiger partial charge is 0.453 e. The second-order valence-electron chi connectivity index (χ2n) is 9.64. The van der Waals surface area contributed by atoms with Crippen LogP contribution < -0.4 is 0 Å². The summed E-state index contributed by atoms with van der Waals surface area (Å²) in [6, 6.07) is 0. The van der Waals surface area contributed by atoms with Gasteiger partial charge in [-0.15, -0.1) is 0 Å². The third kappa shape index (κ3) is 12.5. The predicted octanol–water partition coefficient (Wildman–Crippen LogP) is 8.59. The van der Waals surface area contributed by atoms with Crippen molar-refractivity contribution in [2.45, 2.75) is 97.7 Å². The third-order valence-corrected chi connectivity index (χ3v) is 4.83. The standard InChI is InChI=1S/C18H6F32O10/c19-3(20,1-51)53-5(23,24)7(27,28)55-9(31,32)11(35,36)57-13(39,40)15(43,44)59-17(47,48)18(49,50)60-16(45,46)14(41,42)58-12(37,38)10(33,34)56-8(29,30)6(25,26)54-4(21,22)2-52/h51-52H,1-2H2. The van der Waals surface area contributed by atoms with E-state index in [0.717, 1.165) is 18.9 Å². The number of halogens is 32. The molecule has 0 heterocycles. The Balaban J connectivity index is 6.45. The molecular weight excluding hydrogens is 984 g/mol. The molecule has 0 spiro atoms. The number of hydrogen-bond donors (Lipinski definition) is 2. The van der Waals surface area contributed by atoms with Crippen molar-refractivity contribution >= 4 is 0 Å². The lowest BCUT2D eigenvalue weighted by molar-refractivity contribution is -0.600. The molecule has 0 fully saturated rings. The zero-order valence-electron chi connectivity index (χ0n) is 25.7. The molecule has 0 aromatic heterocycles. The summed E-state index contributed by atoms with van der Waals surface area (Å²) in [7, 11) is 0. The lowest BCUT2D eigenvalue weighted by atomic mass is 10.4. The van der Waals surface area contributed by atoms with Crippen LogP contribution in [0.2, 0.25) is 0 Å². The van der Waals surface area contributed by atoms with Gasteiger partial charge in [0.15, 0.2) is 0 Å². The van der Waals surface area contributed by atoms with E-state index in [1.807, 2.05) is 0 Å². The molecule has 0 aliphatic heterocycles. The Labute approximate surface area is 301 Å². The van der Waals surface area contributed by atoms with E-state index in [2.05, 4.69) is 0 Å². The Morgan fingerprint density at radius 2 is 0.267 bits per heavy atom. The quantitative estimate of drug-likeness (QED) is 0.0863. The molecule has 0 bridgehead atoms. The lowest BCUT2D eigenvalue weighted by Crippen LogP contribution is -2.62. The van der Waals surface area contributed by atoms with Crippen LogP contribution >= 0.6 is 0 Å². The van der Waals surface area contributed by atoms with Gasteiger partial charge in [0.2, 0.25) is 0 Å². The van der Waals surface area contributed by atoms with Gasteiger partial charge in [-0.25, -0.2) is 37.9 Å². The summed E-state index contributed by atoms with van der Waals surface area (Å²) in [6.45, 7) is -6.17. The molecule has 0 aromatic rings. The van der Waals surface area contributed by atoms with E-state index in [-0.39, 0.29) is 0 Å². The first-order valence-electron chi connectivity index (χ1n) is 12.4. The fraction of sp³-hybridized carbons (Fsp3) is 1.00. The molecule has 0 unspecified atom stereocenters. The Morgan fingerprint density at radius 3 is 0.350 bits per heavy atom. The molecule has 10 nitrogen and oxygen atoms in total. The second kappa shape index (κ2) is 16.2. The Morgan fingerprint density at radius 1 is 0.183 bits per heavy atom. The molecule has 0 saturated carbocycles. The summed E-state index contributed by atoms with van der Waals surface area (Å²) in [4.78, 5) is 0. The first kappa shape index (κ1) is 57.4. The third-order valence-electron chi connectivity index (χ3n) is 4.83. The maximum Gasteiger partial charge on any atom is 0.453 e. The number of ether oxygens (including phenoxy) is 8. The lowest BCUT2D eigenvalue weighted by Gasteiger charge is -2.37. The highest BCUT2D eigenvalue weighted by atomic mass is 19.4. The molecule has 0 aromatic carbocycles. The van der Waals surface area contributed by atoms with Crippen LogP contribution in [0.25, 0.3) is 0 Å². The molecule has 362 valence electrons. The Bertz CT molecular complexity index is 1340. The van der Waals surface area contributed by atoms with E-state index < -0.39 is 111 Å². The molecule has 0 aliphatic rings. The maximum absolute atomic E-state index is 13.6. The smallest absolute Gasteiger partial charge is 0.387 e. The molecule has 0 rings (SSSR count). The van der Waals surface area contributed by atoms with Crippen molar-refractivity contribution in [2.75, 3.05) is 13.2 Å². The van der Waals surface area contributed by atoms with Gasteiger partial charge in [0.25, 0.3) is 0 Å². The van der Waals surface area contributed by atoms with Crippen molar-refractivity contribution < 1.29 is 189 Å². The van der Waals surface area contributed by atoms with Gasteiger partial charge < -0.3 is 10.2 Å². The van der Waals surface area contributed by atoms with Crippen molar-refractivity contribution in [3.05, 3.63) is 0 Å². The average molecular weight is 990 g/mol. The molecule has 0 amide bonds. The first-order chi connectivity index (χ1) is 25.5. The number of alkyl halides is 32. The van der Waals surface area contributed by atoms with E-state index >= 15 is 0 Å². The van der Waals surface area contributed by atoms with Crippen LogP contribution in [0, 0.1) is 0 Å². The van der Waals surface area contributed by atoms with Crippen molar-refractivity contribution in [1.82, 2.24) is 0 Å². The monoisotopic (exact) mass is 990 g/mol. The highest BCUT2D eigenvalue weighted by molar-refractivity contribution is 4.83. The van der Waals surface area contributed by atoms with E-state index in [9.17, 15) is 140 Å². The zero-order valence-corrected chi connectivity index (χ0v) is 25.7. The average Bonchev–Trinajstić information content (AvgIpc) is 2.92. The molecular formula is C18H6F32O10. The van der Waals surface area contributed by atoms with Crippen molar-refractivity contribution in [1.29, 1.82) is 0 Å². The van der Waals surface area contributed by atoms with E-state index in [1.54, 1.807) is 9.47 Å². The van der Waals surface area contributed by atoms with Crippen LogP contribution in [0.15, 0.2) is 0 Å². The van der Waals surface area contributed by atoms with Gasteiger partial charge in [-0.3, -0.25) is 0 Å². The van der Waals surface area contributed by atoms with Crippen LogP contribution in [0.1, 0.15) is 0 Å². The number of aliphatic hydroxyl groups is 2. The SMILES string of the molecule is OCC(F)(F)OC(F)(F)C(F)(F)OC(F)(F)C(F)(F)OC(F)(F)C(F)(F)OC(F)(F)C(F)(F)OC(F)(F)C(F)(F)OC(F)(F)C(F)(F)OC(F)(F)C(F)(F)OC(F)(F)CO. The second-order valence-corrected chi connectivity index (χ2v) is 9.64. The van der Waals surface area contributed by atoms with Gasteiger partial charge in [-0.1, -0.05) is 0 Å². The topological polar surface area (TPSA) is 114 Å². The molecule has 0 radical (unpaired) electrons. The minimum Gasteiger partial charge on any atom is -0.387 e. The van der Waals surface area contributed by atoms with E-state index in [1.165, 1.54) is 9.47 Å². The van der Waals surface area contributed by atoms with Gasteiger partial charge in [-0.05, 0) is 0 Å². The highest BCUT2D eigenvalue weighted by Crippen LogP contribution is 2.55. The minimum atomic E-state index is -8.50. The summed E-state index contributed by atoms with van der Waals surface area (Å²) in [5.74, 6) is 0. The van der Waals surface area contributed by atoms with Crippen molar-refractivity contribution in [2.24, 2.45) is 0 Å². The maximum atomic E-state index is 13.6. The van der Waals surface area contributed by atoms with Gasteiger partial charge in [0.1, 0.15) is 13.2 Å². The van der Waals surface area contributed by atoms with Gasteiger partial charge in [0, 0.05) is 0 Å². The van der Waals surface area contributed by atoms with E-state index in [0.29, 0.717) is 0 Å². The molecule has 2 N–H and O–H groups in total. The molecule has 0 saturated heterocycles. The normalized spacial score (nSPS) is 16.5. The molecule has 0 atom stereocenters. The minimum absolute atomic E-state index is 1.01. The van der Waals surface area contributed by atoms with Crippen LogP contribution in [-0.2, 0) is 37.9 Å². The predicted molar refractivity (Wildman–Crippen MR) is 102 cm³/mol. The number of rotatable bonds is 25. The summed E-state index contributed by atoms with van der Waals surface area (Å²) in [6.07, 6.45) is -126. The first-order valence-corrected chi connectivity index (χ1v) is 12.4. The Hall–Kier alpha value is -2.64.